The summed E-state index contributed by atoms with van der Waals surface area (Å²) in [6.45, 7) is 4.12. The first-order chi connectivity index (χ1) is 4.74. The third-order valence-electron chi connectivity index (χ3n) is 2.04. The van der Waals surface area contributed by atoms with Crippen LogP contribution in [0, 0.1) is 0 Å². The van der Waals surface area contributed by atoms with E-state index in [9.17, 15) is 4.39 Å². The van der Waals surface area contributed by atoms with Crippen molar-refractivity contribution in [2.75, 3.05) is 19.6 Å². The molecule has 0 radical (unpaired) electrons. The Morgan fingerprint density at radius 2 is 2.40 bits per heavy atom. The van der Waals surface area contributed by atoms with Gasteiger partial charge in [0.25, 0.3) is 0 Å². The van der Waals surface area contributed by atoms with Gasteiger partial charge in [0.05, 0.1) is 6.10 Å². The Morgan fingerprint density at radius 1 is 1.70 bits per heavy atom. The lowest BCUT2D eigenvalue weighted by Gasteiger charge is -2.30. The van der Waals surface area contributed by atoms with E-state index < -0.39 is 12.3 Å². The Labute approximate surface area is 60.6 Å². The standard InChI is InChI=1S/C7H14FNO/c1-2-9-4-3-7(10)6(8)5-9/h6-7,10H,2-5H2,1H3/t6-,7+/m0/s1. The Morgan fingerprint density at radius 3 is 2.90 bits per heavy atom. The molecule has 0 spiro atoms. The fourth-order valence-electron chi connectivity index (χ4n) is 1.24. The zero-order valence-electron chi connectivity index (χ0n) is 6.26. The largest absolute Gasteiger partial charge is 0.390 e. The second-order valence-corrected chi connectivity index (χ2v) is 2.77. The Kier molecular flexibility index (Phi) is 2.63. The molecule has 0 aromatic carbocycles. The van der Waals surface area contributed by atoms with Gasteiger partial charge in [-0.25, -0.2) is 4.39 Å². The molecule has 2 atom stereocenters. The second-order valence-electron chi connectivity index (χ2n) is 2.77. The van der Waals surface area contributed by atoms with Crippen LogP contribution in [-0.4, -0.2) is 41.9 Å². The smallest absolute Gasteiger partial charge is 0.138 e. The van der Waals surface area contributed by atoms with Crippen molar-refractivity contribution >= 4 is 0 Å². The van der Waals surface area contributed by atoms with Crippen LogP contribution in [0.2, 0.25) is 0 Å². The molecule has 0 aliphatic carbocycles. The molecule has 1 saturated heterocycles. The predicted octanol–water partition coefficient (Wildman–Crippen LogP) is 0.411. The van der Waals surface area contributed by atoms with Gasteiger partial charge in [-0.3, -0.25) is 0 Å². The Bertz CT molecular complexity index is 110. The van der Waals surface area contributed by atoms with Crippen LogP contribution in [0.25, 0.3) is 0 Å². The maximum atomic E-state index is 12.7. The van der Waals surface area contributed by atoms with Gasteiger partial charge in [0.1, 0.15) is 6.17 Å². The van der Waals surface area contributed by atoms with Crippen molar-refractivity contribution in [3.05, 3.63) is 0 Å². The van der Waals surface area contributed by atoms with E-state index in [-0.39, 0.29) is 0 Å². The number of nitrogens with zero attached hydrogens (tertiary/aromatic N) is 1. The summed E-state index contributed by atoms with van der Waals surface area (Å²) in [6, 6.07) is 0. The van der Waals surface area contributed by atoms with Crippen LogP contribution >= 0.6 is 0 Å². The maximum Gasteiger partial charge on any atom is 0.138 e. The van der Waals surface area contributed by atoms with Crippen LogP contribution in [0.3, 0.4) is 0 Å². The molecule has 0 aromatic rings. The molecule has 1 fully saturated rings. The third kappa shape index (κ3) is 1.67. The molecule has 0 amide bonds. The predicted molar refractivity (Wildman–Crippen MR) is 37.6 cm³/mol. The number of piperidine rings is 1. The number of aliphatic hydroxyl groups is 1. The number of likely N-dealkylation sites (tertiary alicyclic amines) is 1. The molecule has 1 aliphatic heterocycles. The highest BCUT2D eigenvalue weighted by Crippen LogP contribution is 2.12. The van der Waals surface area contributed by atoms with Crippen LogP contribution in [0.5, 0.6) is 0 Å². The molecule has 0 bridgehead atoms. The molecule has 60 valence electrons. The van der Waals surface area contributed by atoms with E-state index in [0.29, 0.717) is 13.0 Å². The van der Waals surface area contributed by atoms with Crippen molar-refractivity contribution in [1.82, 2.24) is 4.90 Å². The van der Waals surface area contributed by atoms with Crippen molar-refractivity contribution in [3.8, 4) is 0 Å². The molecule has 1 aliphatic rings. The van der Waals surface area contributed by atoms with E-state index in [2.05, 4.69) is 0 Å². The van der Waals surface area contributed by atoms with Crippen LogP contribution in [0.15, 0.2) is 0 Å². The number of hydrogen-bond donors (Lipinski definition) is 1. The summed E-state index contributed by atoms with van der Waals surface area (Å²) >= 11 is 0. The fourth-order valence-corrected chi connectivity index (χ4v) is 1.24. The van der Waals surface area contributed by atoms with Gasteiger partial charge in [-0.15, -0.1) is 0 Å². The Balaban J connectivity index is 2.33. The minimum absolute atomic E-state index is 0.400. The van der Waals surface area contributed by atoms with Crippen molar-refractivity contribution < 1.29 is 9.50 Å². The zero-order chi connectivity index (χ0) is 7.56. The molecule has 10 heavy (non-hydrogen) atoms. The number of alkyl halides is 1. The lowest BCUT2D eigenvalue weighted by Crippen LogP contribution is -2.44. The van der Waals surface area contributed by atoms with Crippen LogP contribution in [0.4, 0.5) is 4.39 Å². The molecule has 0 unspecified atom stereocenters. The van der Waals surface area contributed by atoms with E-state index in [1.54, 1.807) is 0 Å². The Hall–Kier alpha value is -0.150. The quantitative estimate of drug-likeness (QED) is 0.580. The summed E-state index contributed by atoms with van der Waals surface area (Å²) in [5.41, 5.74) is 0. The molecule has 0 saturated carbocycles. The lowest BCUT2D eigenvalue weighted by molar-refractivity contribution is 0.00833. The maximum absolute atomic E-state index is 12.7. The average Bonchev–Trinajstić information content (AvgIpc) is 1.95. The first kappa shape index (κ1) is 7.95. The summed E-state index contributed by atoms with van der Waals surface area (Å²) < 4.78 is 12.7. The number of hydrogen-bond acceptors (Lipinski definition) is 2. The average molecular weight is 147 g/mol. The summed E-state index contributed by atoms with van der Waals surface area (Å²) in [5, 5.41) is 8.99. The van der Waals surface area contributed by atoms with Gasteiger partial charge in [0.2, 0.25) is 0 Å². The summed E-state index contributed by atoms with van der Waals surface area (Å²) in [6.07, 6.45) is -1.17. The second kappa shape index (κ2) is 3.30. The third-order valence-corrected chi connectivity index (χ3v) is 2.04. The number of aliphatic hydroxyl groups excluding tert-OH is 1. The first-order valence-corrected chi connectivity index (χ1v) is 3.78. The molecule has 2 nitrogen and oxygen atoms in total. The first-order valence-electron chi connectivity index (χ1n) is 3.78. The number of halogens is 1. The van der Waals surface area contributed by atoms with Crippen LogP contribution in [-0.2, 0) is 0 Å². The van der Waals surface area contributed by atoms with E-state index in [0.717, 1.165) is 13.1 Å². The normalized spacial score (nSPS) is 36.3. The van der Waals surface area contributed by atoms with Gasteiger partial charge in [-0.05, 0) is 13.0 Å². The lowest BCUT2D eigenvalue weighted by atomic mass is 10.1. The van der Waals surface area contributed by atoms with Crippen molar-refractivity contribution in [2.24, 2.45) is 0 Å². The van der Waals surface area contributed by atoms with Gasteiger partial charge in [-0.1, -0.05) is 6.92 Å². The highest BCUT2D eigenvalue weighted by atomic mass is 19.1. The van der Waals surface area contributed by atoms with Crippen LogP contribution in [0.1, 0.15) is 13.3 Å². The number of rotatable bonds is 1. The minimum Gasteiger partial charge on any atom is -0.390 e. The zero-order valence-corrected chi connectivity index (χ0v) is 6.26. The van der Waals surface area contributed by atoms with E-state index >= 15 is 0 Å². The SMILES string of the molecule is CCN1CC[C@@H](O)[C@@H](F)C1. The van der Waals surface area contributed by atoms with Crippen molar-refractivity contribution in [1.29, 1.82) is 0 Å². The van der Waals surface area contributed by atoms with Crippen molar-refractivity contribution in [3.63, 3.8) is 0 Å². The molecule has 3 heteroatoms. The van der Waals surface area contributed by atoms with Gasteiger partial charge >= 0.3 is 0 Å². The fraction of sp³-hybridized carbons (Fsp3) is 1.00. The molecule has 1 heterocycles. The van der Waals surface area contributed by atoms with Gasteiger partial charge in [0.15, 0.2) is 0 Å². The topological polar surface area (TPSA) is 23.5 Å². The summed E-state index contributed by atoms with van der Waals surface area (Å²) in [4.78, 5) is 2.01. The van der Waals surface area contributed by atoms with Gasteiger partial charge in [-0.2, -0.15) is 0 Å². The minimum atomic E-state index is -1.03. The van der Waals surface area contributed by atoms with E-state index in [4.69, 9.17) is 5.11 Å². The van der Waals surface area contributed by atoms with E-state index in [1.165, 1.54) is 0 Å². The molecular formula is C7H14FNO. The summed E-state index contributed by atoms with van der Waals surface area (Å²) in [5.74, 6) is 0. The van der Waals surface area contributed by atoms with Crippen molar-refractivity contribution in [2.45, 2.75) is 25.6 Å². The van der Waals surface area contributed by atoms with Crippen LogP contribution < -0.4 is 0 Å². The van der Waals surface area contributed by atoms with Gasteiger partial charge < -0.3 is 10.0 Å². The van der Waals surface area contributed by atoms with E-state index in [1.807, 2.05) is 11.8 Å². The molecule has 0 aromatic heterocycles. The monoisotopic (exact) mass is 147 g/mol. The molecular weight excluding hydrogens is 133 g/mol. The highest BCUT2D eigenvalue weighted by Gasteiger charge is 2.25. The summed E-state index contributed by atoms with van der Waals surface area (Å²) in [7, 11) is 0. The molecule has 1 N–H and O–H groups in total. The molecule has 1 rings (SSSR count). The van der Waals surface area contributed by atoms with Gasteiger partial charge in [0, 0.05) is 13.1 Å². The highest BCUT2D eigenvalue weighted by molar-refractivity contribution is 4.78.